The van der Waals surface area contributed by atoms with E-state index in [1.165, 1.54) is 49.2 Å². The number of fused-ring (bicyclic) bond motifs is 6. The Balaban J connectivity index is 1.42. The number of anilines is 3. The molecule has 7 aromatic carbocycles. The van der Waals surface area contributed by atoms with Crippen molar-refractivity contribution in [1.82, 2.24) is 9.13 Å². The van der Waals surface area contributed by atoms with E-state index in [1.807, 2.05) is 0 Å². The lowest BCUT2D eigenvalue weighted by Crippen LogP contribution is -2.11. The standard InChI is InChI=1S/C43H31N3/c1-30-26-28-33(29-27-30)46(40-24-12-22-38-42(40)34-18-8-10-20-36(34)44(38)31-14-4-2-5-15-31)41-25-13-23-39-43(41)35-19-9-11-21-37(35)45(39)32-16-6-3-7-17-32/h2-29H,1H3. The molecule has 0 atom stereocenters. The molecule has 0 saturated heterocycles. The highest BCUT2D eigenvalue weighted by Gasteiger charge is 2.24. The van der Waals surface area contributed by atoms with E-state index < -0.39 is 0 Å². The molecule has 0 fully saturated rings. The first-order valence-electron chi connectivity index (χ1n) is 15.8. The first-order valence-corrected chi connectivity index (χ1v) is 15.8. The second-order valence-electron chi connectivity index (χ2n) is 11.9. The maximum atomic E-state index is 2.47. The van der Waals surface area contributed by atoms with Gasteiger partial charge in [-0.1, -0.05) is 103 Å². The van der Waals surface area contributed by atoms with Crippen molar-refractivity contribution in [3.63, 3.8) is 0 Å². The van der Waals surface area contributed by atoms with Crippen LogP contribution in [-0.4, -0.2) is 9.13 Å². The van der Waals surface area contributed by atoms with Crippen molar-refractivity contribution in [1.29, 1.82) is 0 Å². The van der Waals surface area contributed by atoms with Crippen LogP contribution in [0.2, 0.25) is 0 Å². The molecule has 0 spiro atoms. The lowest BCUT2D eigenvalue weighted by Gasteiger charge is -2.27. The molecular weight excluding hydrogens is 558 g/mol. The van der Waals surface area contributed by atoms with Crippen LogP contribution < -0.4 is 4.90 Å². The summed E-state index contributed by atoms with van der Waals surface area (Å²) in [5.74, 6) is 0. The summed E-state index contributed by atoms with van der Waals surface area (Å²) in [6.07, 6.45) is 0. The molecule has 0 N–H and O–H groups in total. The Morgan fingerprint density at radius 1 is 0.370 bits per heavy atom. The van der Waals surface area contributed by atoms with Gasteiger partial charge in [0.25, 0.3) is 0 Å². The first-order chi connectivity index (χ1) is 22.8. The number of para-hydroxylation sites is 4. The Morgan fingerprint density at radius 2 is 0.783 bits per heavy atom. The second kappa shape index (κ2) is 10.5. The molecular formula is C43H31N3. The lowest BCUT2D eigenvalue weighted by atomic mass is 10.0. The summed E-state index contributed by atoms with van der Waals surface area (Å²) >= 11 is 0. The van der Waals surface area contributed by atoms with Gasteiger partial charge < -0.3 is 14.0 Å². The highest BCUT2D eigenvalue weighted by molar-refractivity contribution is 6.20. The molecule has 0 aliphatic heterocycles. The molecule has 9 aromatic rings. The van der Waals surface area contributed by atoms with Crippen LogP contribution in [0.15, 0.2) is 170 Å². The summed E-state index contributed by atoms with van der Waals surface area (Å²) in [5, 5.41) is 4.92. The van der Waals surface area contributed by atoms with E-state index in [-0.39, 0.29) is 0 Å². The SMILES string of the molecule is Cc1ccc(N(c2cccc3c2c2ccccc2n3-c2ccccc2)c2cccc3c2c2ccccc2n3-c2ccccc2)cc1. The summed E-state index contributed by atoms with van der Waals surface area (Å²) in [6.45, 7) is 2.15. The zero-order chi connectivity index (χ0) is 30.6. The topological polar surface area (TPSA) is 13.1 Å². The Bertz CT molecular complexity index is 2360. The van der Waals surface area contributed by atoms with Gasteiger partial charge in [0.15, 0.2) is 0 Å². The van der Waals surface area contributed by atoms with Gasteiger partial charge in [-0.15, -0.1) is 0 Å². The van der Waals surface area contributed by atoms with Gasteiger partial charge in [-0.2, -0.15) is 0 Å². The van der Waals surface area contributed by atoms with E-state index in [9.17, 15) is 0 Å². The summed E-state index contributed by atoms with van der Waals surface area (Å²) in [5.41, 5.74) is 11.7. The summed E-state index contributed by atoms with van der Waals surface area (Å²) in [6, 6.07) is 61.3. The Hall–Kier alpha value is -6.06. The fraction of sp³-hybridized carbons (Fsp3) is 0.0233. The minimum Gasteiger partial charge on any atom is -0.309 e. The number of hydrogen-bond acceptors (Lipinski definition) is 1. The van der Waals surface area contributed by atoms with Crippen molar-refractivity contribution >= 4 is 60.7 Å². The monoisotopic (exact) mass is 589 g/mol. The quantitative estimate of drug-likeness (QED) is 0.195. The normalized spacial score (nSPS) is 11.6. The summed E-state index contributed by atoms with van der Waals surface area (Å²) in [7, 11) is 0. The van der Waals surface area contributed by atoms with Crippen molar-refractivity contribution in [2.75, 3.05) is 4.90 Å². The maximum Gasteiger partial charge on any atom is 0.0562 e. The van der Waals surface area contributed by atoms with Gasteiger partial charge in [0.1, 0.15) is 0 Å². The van der Waals surface area contributed by atoms with Crippen LogP contribution in [0.25, 0.3) is 55.0 Å². The Labute approximate surface area is 267 Å². The van der Waals surface area contributed by atoms with E-state index in [2.05, 4.69) is 191 Å². The third-order valence-electron chi connectivity index (χ3n) is 9.15. The number of aryl methyl sites for hydroxylation is 1. The van der Waals surface area contributed by atoms with Gasteiger partial charge >= 0.3 is 0 Å². The first kappa shape index (κ1) is 26.4. The van der Waals surface area contributed by atoms with Crippen LogP contribution in [-0.2, 0) is 0 Å². The van der Waals surface area contributed by atoms with Crippen LogP contribution in [0.1, 0.15) is 5.56 Å². The average molecular weight is 590 g/mol. The third kappa shape index (κ3) is 3.99. The Kier molecular flexibility index (Phi) is 6.04. The van der Waals surface area contributed by atoms with Gasteiger partial charge in [-0.3, -0.25) is 0 Å². The van der Waals surface area contributed by atoms with E-state index in [0.717, 1.165) is 28.4 Å². The number of benzene rings is 7. The highest BCUT2D eigenvalue weighted by atomic mass is 15.2. The van der Waals surface area contributed by atoms with Crippen molar-refractivity contribution < 1.29 is 0 Å². The zero-order valence-corrected chi connectivity index (χ0v) is 25.5. The zero-order valence-electron chi connectivity index (χ0n) is 25.5. The largest absolute Gasteiger partial charge is 0.309 e. The van der Waals surface area contributed by atoms with Crippen LogP contribution in [0.5, 0.6) is 0 Å². The van der Waals surface area contributed by atoms with Gasteiger partial charge in [0, 0.05) is 38.6 Å². The molecule has 0 saturated carbocycles. The third-order valence-corrected chi connectivity index (χ3v) is 9.15. The molecule has 0 aliphatic rings. The fourth-order valence-electron chi connectivity index (χ4n) is 7.19. The van der Waals surface area contributed by atoms with Crippen LogP contribution in [0.4, 0.5) is 17.1 Å². The predicted molar refractivity (Wildman–Crippen MR) is 195 cm³/mol. The summed E-state index contributed by atoms with van der Waals surface area (Å²) in [4.78, 5) is 2.47. The molecule has 0 radical (unpaired) electrons. The van der Waals surface area contributed by atoms with E-state index >= 15 is 0 Å². The van der Waals surface area contributed by atoms with Crippen molar-refractivity contribution in [3.8, 4) is 11.4 Å². The summed E-state index contributed by atoms with van der Waals surface area (Å²) < 4.78 is 4.78. The van der Waals surface area contributed by atoms with E-state index in [4.69, 9.17) is 0 Å². The van der Waals surface area contributed by atoms with Gasteiger partial charge in [-0.25, -0.2) is 0 Å². The van der Waals surface area contributed by atoms with Crippen molar-refractivity contribution in [2.45, 2.75) is 6.92 Å². The molecule has 3 nitrogen and oxygen atoms in total. The van der Waals surface area contributed by atoms with Gasteiger partial charge in [0.2, 0.25) is 0 Å². The molecule has 9 rings (SSSR count). The van der Waals surface area contributed by atoms with Crippen LogP contribution in [0, 0.1) is 6.92 Å². The number of nitrogens with zero attached hydrogens (tertiary/aromatic N) is 3. The van der Waals surface area contributed by atoms with Crippen LogP contribution in [0.3, 0.4) is 0 Å². The number of hydrogen-bond donors (Lipinski definition) is 0. The minimum atomic E-state index is 1.12. The molecule has 2 aromatic heterocycles. The van der Waals surface area contributed by atoms with Crippen molar-refractivity contribution in [2.24, 2.45) is 0 Å². The second-order valence-corrected chi connectivity index (χ2v) is 11.9. The average Bonchev–Trinajstić information content (AvgIpc) is 3.64. The minimum absolute atomic E-state index is 1.12. The smallest absolute Gasteiger partial charge is 0.0562 e. The van der Waals surface area contributed by atoms with Crippen molar-refractivity contribution in [3.05, 3.63) is 175 Å². The van der Waals surface area contributed by atoms with E-state index in [1.54, 1.807) is 0 Å². The van der Waals surface area contributed by atoms with Gasteiger partial charge in [-0.05, 0) is 79.7 Å². The molecule has 0 aliphatic carbocycles. The lowest BCUT2D eigenvalue weighted by molar-refractivity contribution is 1.18. The highest BCUT2D eigenvalue weighted by Crippen LogP contribution is 2.47. The molecule has 0 amide bonds. The molecule has 3 heteroatoms. The van der Waals surface area contributed by atoms with Crippen LogP contribution >= 0.6 is 0 Å². The number of rotatable bonds is 5. The molecule has 0 bridgehead atoms. The Morgan fingerprint density at radius 3 is 1.26 bits per heavy atom. The molecule has 2 heterocycles. The number of aromatic nitrogens is 2. The fourth-order valence-corrected chi connectivity index (χ4v) is 7.19. The van der Waals surface area contributed by atoms with Gasteiger partial charge in [0.05, 0.1) is 33.4 Å². The van der Waals surface area contributed by atoms with E-state index in [0.29, 0.717) is 0 Å². The predicted octanol–water partition coefficient (Wildman–Crippen LogP) is 11.7. The molecule has 218 valence electrons. The molecule has 46 heavy (non-hydrogen) atoms. The maximum absolute atomic E-state index is 2.47. The molecule has 0 unspecified atom stereocenters.